The lowest BCUT2D eigenvalue weighted by Crippen LogP contribution is -2.56. The normalized spacial score (nSPS) is 18.5. The van der Waals surface area contributed by atoms with Crippen molar-refractivity contribution in [3.63, 3.8) is 0 Å². The molecule has 5 atom stereocenters. The predicted octanol–water partition coefficient (Wildman–Crippen LogP) is 10.2. The van der Waals surface area contributed by atoms with Gasteiger partial charge in [-0.15, -0.1) is 0 Å². The largest absolute Gasteiger partial charge is 0.497 e. The number of nitrogens with one attached hydrogen (secondary N) is 1. The molecule has 0 radical (unpaired) electrons. The fourth-order valence-corrected chi connectivity index (χ4v) is 13.2. The average Bonchev–Trinajstić information content (AvgIpc) is 3.93. The highest BCUT2D eigenvalue weighted by molar-refractivity contribution is 7.56. The number of imidazole rings is 1. The maximum absolute atomic E-state index is 16.0. The van der Waals surface area contributed by atoms with E-state index in [0.717, 1.165) is 16.7 Å². The van der Waals surface area contributed by atoms with E-state index in [2.05, 4.69) is 50.2 Å². The fraction of sp³-hybridized carbons (Fsp3) is 0.415. The molecule has 3 heterocycles. The fourth-order valence-electron chi connectivity index (χ4n) is 9.30. The van der Waals surface area contributed by atoms with Crippen LogP contribution in [0.2, 0.25) is 18.1 Å². The van der Waals surface area contributed by atoms with E-state index in [1.165, 1.54) is 6.33 Å². The molecule has 0 saturated carbocycles. The van der Waals surface area contributed by atoms with Crippen molar-refractivity contribution in [2.24, 2.45) is 5.50 Å². The third-order valence-electron chi connectivity index (χ3n) is 13.6. The van der Waals surface area contributed by atoms with E-state index < -0.39 is 46.0 Å². The molecule has 0 spiro atoms. The van der Waals surface area contributed by atoms with E-state index in [1.54, 1.807) is 54.0 Å². The Morgan fingerprint density at radius 3 is 1.93 bits per heavy atom. The number of methoxy groups -OCH3 is 2. The molecule has 1 fully saturated rings. The zero-order valence-electron chi connectivity index (χ0n) is 42.6. The van der Waals surface area contributed by atoms with Gasteiger partial charge in [-0.1, -0.05) is 93.6 Å². The highest BCUT2D eigenvalue weighted by atomic mass is 31.2. The van der Waals surface area contributed by atoms with E-state index in [0.29, 0.717) is 28.2 Å². The Bertz CT molecular complexity index is 2760. The van der Waals surface area contributed by atoms with Gasteiger partial charge in [0.25, 0.3) is 13.5 Å². The Hall–Kier alpha value is -5.80. The number of ether oxygens (including phenoxy) is 4. The number of benzene rings is 4. The van der Waals surface area contributed by atoms with Gasteiger partial charge >= 0.3 is 0 Å². The second kappa shape index (κ2) is 21.9. The van der Waals surface area contributed by atoms with Gasteiger partial charge in [0.1, 0.15) is 35.6 Å². The summed E-state index contributed by atoms with van der Waals surface area (Å²) in [6.45, 7) is 18.5. The van der Waals surface area contributed by atoms with Crippen LogP contribution in [0.25, 0.3) is 11.2 Å². The topological polar surface area (TPSA) is 192 Å². The van der Waals surface area contributed by atoms with E-state index >= 15 is 4.57 Å². The molecular formula is C53H68N9O7PSi. The third kappa shape index (κ3) is 10.9. The molecule has 1 aliphatic rings. The maximum atomic E-state index is 16.0. The van der Waals surface area contributed by atoms with Crippen molar-refractivity contribution < 1.29 is 32.7 Å². The van der Waals surface area contributed by atoms with Crippen LogP contribution in [0.15, 0.2) is 122 Å². The van der Waals surface area contributed by atoms with E-state index in [9.17, 15) is 10.1 Å². The maximum Gasteiger partial charge on any atom is 0.282 e. The molecule has 71 heavy (non-hydrogen) atoms. The van der Waals surface area contributed by atoms with E-state index in [-0.39, 0.29) is 48.4 Å². The average molecular weight is 1000 g/mol. The Kier molecular flexibility index (Phi) is 16.4. The van der Waals surface area contributed by atoms with Crippen LogP contribution >= 0.6 is 7.59 Å². The molecular weight excluding hydrogens is 934 g/mol. The molecule has 7 rings (SSSR count). The van der Waals surface area contributed by atoms with Crippen LogP contribution in [0.3, 0.4) is 0 Å². The predicted molar refractivity (Wildman–Crippen MR) is 279 cm³/mol. The summed E-state index contributed by atoms with van der Waals surface area (Å²) < 4.78 is 55.2. The van der Waals surface area contributed by atoms with Crippen molar-refractivity contribution in [3.05, 3.63) is 144 Å². The lowest BCUT2D eigenvalue weighted by molar-refractivity contribution is -0.0879. The second-order valence-electron chi connectivity index (χ2n) is 19.8. The summed E-state index contributed by atoms with van der Waals surface area (Å²) in [7, 11) is -3.58. The van der Waals surface area contributed by atoms with Crippen LogP contribution < -0.4 is 20.3 Å². The molecule has 1 aliphatic heterocycles. The molecule has 0 aliphatic carbocycles. The number of hydrogen-bond donors (Lipinski definition) is 2. The monoisotopic (exact) mass is 1000 g/mol. The number of hydrogen-bond acceptors (Lipinski definition) is 11. The van der Waals surface area contributed by atoms with Crippen LogP contribution in [0.1, 0.15) is 88.2 Å². The lowest BCUT2D eigenvalue weighted by atomic mass is 9.80. The van der Waals surface area contributed by atoms with Gasteiger partial charge in [-0.3, -0.25) is 19.4 Å². The summed E-state index contributed by atoms with van der Waals surface area (Å²) in [5, 5.41) is 12.9. The quantitative estimate of drug-likeness (QED) is 0.0417. The number of aromatic nitrogens is 4. The van der Waals surface area contributed by atoms with Gasteiger partial charge in [0.15, 0.2) is 31.5 Å². The number of amides is 1. The van der Waals surface area contributed by atoms with Crippen molar-refractivity contribution in [1.29, 1.82) is 5.26 Å². The highest BCUT2D eigenvalue weighted by Crippen LogP contribution is 2.55. The SMILES string of the molecule is COc1ccc(C(OC[C@@H]2O[C@@H](n3cnc4c(NC(=O)c5ccccc5)ncnc43)[C@H](O[Si](C)(C)C(C)(C)C)[C@@H]2N(CCC#N)P(N)(=O)N(C(C)C)C(C)C)(c2ccccc2)c2ccc(OC)cc2)cc1. The van der Waals surface area contributed by atoms with Crippen LogP contribution in [-0.2, 0) is 24.1 Å². The van der Waals surface area contributed by atoms with Crippen LogP contribution in [-0.4, -0.2) is 101 Å². The number of nitriles is 1. The highest BCUT2D eigenvalue weighted by Gasteiger charge is 2.57. The van der Waals surface area contributed by atoms with Crippen LogP contribution in [0.4, 0.5) is 5.82 Å². The summed E-state index contributed by atoms with van der Waals surface area (Å²) in [5.74, 6) is 1.18. The number of carbonyl (C=O) groups is 1. The minimum Gasteiger partial charge on any atom is -0.497 e. The summed E-state index contributed by atoms with van der Waals surface area (Å²) in [6.07, 6.45) is 0.163. The Balaban J connectivity index is 1.46. The van der Waals surface area contributed by atoms with Crippen LogP contribution in [0.5, 0.6) is 11.5 Å². The molecule has 1 amide bonds. The smallest absolute Gasteiger partial charge is 0.282 e. The van der Waals surface area contributed by atoms with Gasteiger partial charge in [0.2, 0.25) is 0 Å². The zero-order chi connectivity index (χ0) is 51.3. The number of fused-ring (bicyclic) bond motifs is 1. The van der Waals surface area contributed by atoms with Gasteiger partial charge in [0.05, 0.1) is 39.3 Å². The summed E-state index contributed by atoms with van der Waals surface area (Å²) in [4.78, 5) is 27.5. The molecule has 376 valence electrons. The standard InChI is InChI=1S/C53H68N9O7PSi/c1-36(2)62(37(3)4)70(55,64)61(32-18-31-54)46-44(33-67-53(39-21-16-13-17-22-39,40-23-27-42(65-8)28-24-40)41-25-29-43(66-9)30-26-41)68-51(47(46)69-71(10,11)52(5,6)7)60-35-58-45-48(56-34-57-49(45)60)59-50(63)38-19-14-12-15-20-38/h12-17,19-30,34-37,44,46-47,51H,18,32-33H2,1-11H3,(H2,55,64)(H,56,57,59,63)/t44-,46+,47+,51+,70?/m0/s1. The molecule has 4 aromatic carbocycles. The number of anilines is 1. The van der Waals surface area contributed by atoms with Crippen LogP contribution in [0, 0.1) is 11.3 Å². The summed E-state index contributed by atoms with van der Waals surface area (Å²) in [6, 6.07) is 35.2. The number of carbonyl (C=O) groups excluding carboxylic acids is 1. The number of rotatable bonds is 20. The zero-order valence-corrected chi connectivity index (χ0v) is 44.5. The van der Waals surface area contributed by atoms with Gasteiger partial charge < -0.3 is 28.7 Å². The molecule has 1 unspecified atom stereocenters. The first-order valence-electron chi connectivity index (χ1n) is 24.0. The lowest BCUT2D eigenvalue weighted by Gasteiger charge is -2.47. The molecule has 18 heteroatoms. The van der Waals surface area contributed by atoms with Crippen molar-refractivity contribution >= 4 is 38.8 Å². The molecule has 2 aromatic heterocycles. The molecule has 6 aromatic rings. The van der Waals surface area contributed by atoms with E-state index in [4.69, 9.17) is 38.8 Å². The van der Waals surface area contributed by atoms with Gasteiger partial charge in [-0.2, -0.15) is 5.26 Å². The molecule has 3 N–H and O–H groups in total. The van der Waals surface area contributed by atoms with Gasteiger partial charge in [-0.25, -0.2) is 24.3 Å². The van der Waals surface area contributed by atoms with E-state index in [1.807, 2.05) is 117 Å². The van der Waals surface area contributed by atoms with Gasteiger partial charge in [-0.05, 0) is 98.9 Å². The first-order valence-corrected chi connectivity index (χ1v) is 28.5. The van der Waals surface area contributed by atoms with Crippen molar-refractivity contribution in [1.82, 2.24) is 28.9 Å². The summed E-state index contributed by atoms with van der Waals surface area (Å²) in [5.41, 5.74) is 9.62. The Morgan fingerprint density at radius 1 is 0.859 bits per heavy atom. The number of nitrogens with two attached hydrogens (primary N) is 1. The minimum atomic E-state index is -4.06. The van der Waals surface area contributed by atoms with Crippen molar-refractivity contribution in [2.75, 3.05) is 32.7 Å². The first-order chi connectivity index (χ1) is 33.8. The Labute approximate surface area is 419 Å². The second-order valence-corrected chi connectivity index (χ2v) is 26.7. The number of nitrogens with zero attached hydrogens (tertiary/aromatic N) is 7. The van der Waals surface area contributed by atoms with Crippen molar-refractivity contribution in [2.45, 2.75) is 115 Å². The molecule has 0 bridgehead atoms. The summed E-state index contributed by atoms with van der Waals surface area (Å²) >= 11 is 0. The van der Waals surface area contributed by atoms with Gasteiger partial charge in [0, 0.05) is 30.6 Å². The first kappa shape index (κ1) is 53.0. The molecule has 16 nitrogen and oxygen atoms in total. The minimum absolute atomic E-state index is 0.00410. The third-order valence-corrected chi connectivity index (χ3v) is 20.9. The Morgan fingerprint density at radius 2 is 1.41 bits per heavy atom. The van der Waals surface area contributed by atoms with Crippen molar-refractivity contribution in [3.8, 4) is 17.6 Å². The molecule has 1 saturated heterocycles.